The fourth-order valence-electron chi connectivity index (χ4n) is 2.08. The zero-order chi connectivity index (χ0) is 15.4. The highest BCUT2D eigenvalue weighted by molar-refractivity contribution is 9.10. The molecule has 0 amide bonds. The van der Waals surface area contributed by atoms with Gasteiger partial charge in [-0.15, -0.1) is 0 Å². The Morgan fingerprint density at radius 2 is 1.81 bits per heavy atom. The third-order valence-electron chi connectivity index (χ3n) is 3.26. The Morgan fingerprint density at radius 3 is 2.48 bits per heavy atom. The first kappa shape index (κ1) is 15.6. The first-order valence-corrected chi connectivity index (χ1v) is 7.48. The molecule has 0 aliphatic heterocycles. The van der Waals surface area contributed by atoms with E-state index in [-0.39, 0.29) is 5.97 Å². The number of esters is 1. The van der Waals surface area contributed by atoms with Crippen molar-refractivity contribution in [2.24, 2.45) is 0 Å². The standard InChI is InChI=1S/C17H18BrNO2/c1-11-5-7-16(14(8-11)17(20)21-3)19-10-13-6-4-12(2)9-15(13)18/h4-9,19H,10H2,1-3H3. The Hall–Kier alpha value is -1.81. The number of hydrogen-bond donors (Lipinski definition) is 1. The lowest BCUT2D eigenvalue weighted by atomic mass is 10.1. The molecule has 0 aliphatic carbocycles. The van der Waals surface area contributed by atoms with Crippen molar-refractivity contribution < 1.29 is 9.53 Å². The molecule has 2 aromatic rings. The van der Waals surface area contributed by atoms with Gasteiger partial charge in [0.15, 0.2) is 0 Å². The van der Waals surface area contributed by atoms with Crippen LogP contribution >= 0.6 is 15.9 Å². The van der Waals surface area contributed by atoms with Crippen LogP contribution in [0.2, 0.25) is 0 Å². The molecule has 0 atom stereocenters. The van der Waals surface area contributed by atoms with Crippen LogP contribution in [0.1, 0.15) is 27.0 Å². The highest BCUT2D eigenvalue weighted by Gasteiger charge is 2.12. The van der Waals surface area contributed by atoms with Crippen LogP contribution in [0.3, 0.4) is 0 Å². The first-order valence-electron chi connectivity index (χ1n) is 6.69. The molecule has 0 saturated carbocycles. The summed E-state index contributed by atoms with van der Waals surface area (Å²) in [6, 6.07) is 11.9. The van der Waals surface area contributed by atoms with Gasteiger partial charge in [0.05, 0.1) is 12.7 Å². The molecule has 21 heavy (non-hydrogen) atoms. The van der Waals surface area contributed by atoms with Crippen molar-refractivity contribution in [3.8, 4) is 0 Å². The number of anilines is 1. The molecule has 2 rings (SSSR count). The van der Waals surface area contributed by atoms with Gasteiger partial charge in [0, 0.05) is 16.7 Å². The van der Waals surface area contributed by atoms with Gasteiger partial charge in [-0.1, -0.05) is 39.7 Å². The summed E-state index contributed by atoms with van der Waals surface area (Å²) in [5, 5.41) is 3.30. The van der Waals surface area contributed by atoms with E-state index in [9.17, 15) is 4.79 Å². The van der Waals surface area contributed by atoms with Gasteiger partial charge in [-0.3, -0.25) is 0 Å². The fourth-order valence-corrected chi connectivity index (χ4v) is 2.71. The summed E-state index contributed by atoms with van der Waals surface area (Å²) in [5.74, 6) is -0.329. The van der Waals surface area contributed by atoms with Crippen molar-refractivity contribution in [1.82, 2.24) is 0 Å². The van der Waals surface area contributed by atoms with Gasteiger partial charge in [-0.25, -0.2) is 4.79 Å². The third-order valence-corrected chi connectivity index (χ3v) is 4.00. The predicted molar refractivity (Wildman–Crippen MR) is 88.7 cm³/mol. The van der Waals surface area contributed by atoms with Crippen molar-refractivity contribution in [2.75, 3.05) is 12.4 Å². The van der Waals surface area contributed by atoms with Gasteiger partial charge in [0.25, 0.3) is 0 Å². The summed E-state index contributed by atoms with van der Waals surface area (Å²) in [6.07, 6.45) is 0. The number of rotatable bonds is 4. The molecule has 0 fully saturated rings. The Labute approximate surface area is 133 Å². The summed E-state index contributed by atoms with van der Waals surface area (Å²) < 4.78 is 5.89. The largest absolute Gasteiger partial charge is 0.465 e. The quantitative estimate of drug-likeness (QED) is 0.829. The van der Waals surface area contributed by atoms with Gasteiger partial charge < -0.3 is 10.1 Å². The monoisotopic (exact) mass is 347 g/mol. The third kappa shape index (κ3) is 3.85. The molecule has 0 bridgehead atoms. The van der Waals surface area contributed by atoms with E-state index in [4.69, 9.17) is 4.74 Å². The van der Waals surface area contributed by atoms with Gasteiger partial charge in [-0.2, -0.15) is 0 Å². The van der Waals surface area contributed by atoms with Crippen LogP contribution in [0.15, 0.2) is 40.9 Å². The summed E-state index contributed by atoms with van der Waals surface area (Å²) in [4.78, 5) is 11.8. The van der Waals surface area contributed by atoms with Crippen LogP contribution in [-0.2, 0) is 11.3 Å². The van der Waals surface area contributed by atoms with Gasteiger partial charge in [0.1, 0.15) is 0 Å². The number of carbonyl (C=O) groups excluding carboxylic acids is 1. The van der Waals surface area contributed by atoms with E-state index in [1.165, 1.54) is 12.7 Å². The molecule has 0 heterocycles. The molecule has 4 heteroatoms. The summed E-state index contributed by atoms with van der Waals surface area (Å²) in [5.41, 5.74) is 4.70. The molecule has 0 unspecified atom stereocenters. The second-order valence-electron chi connectivity index (χ2n) is 4.99. The molecule has 0 spiro atoms. The van der Waals surface area contributed by atoms with E-state index >= 15 is 0 Å². The minimum atomic E-state index is -0.329. The molecule has 0 saturated heterocycles. The van der Waals surface area contributed by atoms with Crippen LogP contribution in [0.4, 0.5) is 5.69 Å². The number of benzene rings is 2. The Bertz CT molecular complexity index is 668. The number of hydrogen-bond acceptors (Lipinski definition) is 3. The van der Waals surface area contributed by atoms with Crippen molar-refractivity contribution in [3.63, 3.8) is 0 Å². The zero-order valence-electron chi connectivity index (χ0n) is 12.4. The summed E-state index contributed by atoms with van der Waals surface area (Å²) >= 11 is 3.56. The number of methoxy groups -OCH3 is 1. The lowest BCUT2D eigenvalue weighted by Gasteiger charge is -2.13. The minimum Gasteiger partial charge on any atom is -0.465 e. The van der Waals surface area contributed by atoms with Crippen molar-refractivity contribution in [2.45, 2.75) is 20.4 Å². The second-order valence-corrected chi connectivity index (χ2v) is 5.84. The lowest BCUT2D eigenvalue weighted by molar-refractivity contribution is 0.0601. The van der Waals surface area contributed by atoms with E-state index in [1.807, 2.05) is 25.1 Å². The number of ether oxygens (including phenoxy) is 1. The van der Waals surface area contributed by atoms with E-state index in [0.717, 1.165) is 21.3 Å². The van der Waals surface area contributed by atoms with Gasteiger partial charge in [0.2, 0.25) is 0 Å². The molecular formula is C17H18BrNO2. The molecule has 0 radical (unpaired) electrons. The fraction of sp³-hybridized carbons (Fsp3) is 0.235. The average Bonchev–Trinajstić information content (AvgIpc) is 2.46. The second kappa shape index (κ2) is 6.76. The topological polar surface area (TPSA) is 38.3 Å². The Balaban J connectivity index is 2.21. The Kier molecular flexibility index (Phi) is 5.02. The first-order chi connectivity index (χ1) is 10.0. The van der Waals surface area contributed by atoms with Crippen LogP contribution in [0.5, 0.6) is 0 Å². The van der Waals surface area contributed by atoms with Crippen molar-refractivity contribution in [3.05, 3.63) is 63.1 Å². The highest BCUT2D eigenvalue weighted by Crippen LogP contribution is 2.22. The van der Waals surface area contributed by atoms with E-state index in [0.29, 0.717) is 12.1 Å². The Morgan fingerprint density at radius 1 is 1.14 bits per heavy atom. The van der Waals surface area contributed by atoms with Crippen LogP contribution in [0.25, 0.3) is 0 Å². The molecular weight excluding hydrogens is 330 g/mol. The lowest BCUT2D eigenvalue weighted by Crippen LogP contribution is -2.09. The summed E-state index contributed by atoms with van der Waals surface area (Å²) in [6.45, 7) is 4.64. The predicted octanol–water partition coefficient (Wildman–Crippen LogP) is 4.46. The van der Waals surface area contributed by atoms with E-state index < -0.39 is 0 Å². The number of carbonyl (C=O) groups is 1. The number of halogens is 1. The average molecular weight is 348 g/mol. The van der Waals surface area contributed by atoms with Crippen LogP contribution in [-0.4, -0.2) is 13.1 Å². The molecule has 2 aromatic carbocycles. The smallest absolute Gasteiger partial charge is 0.339 e. The highest BCUT2D eigenvalue weighted by atomic mass is 79.9. The van der Waals surface area contributed by atoms with Crippen LogP contribution in [0, 0.1) is 13.8 Å². The molecule has 0 aromatic heterocycles. The minimum absolute atomic E-state index is 0.329. The van der Waals surface area contributed by atoms with E-state index in [1.54, 1.807) is 0 Å². The van der Waals surface area contributed by atoms with Gasteiger partial charge >= 0.3 is 5.97 Å². The van der Waals surface area contributed by atoms with E-state index in [2.05, 4.69) is 46.4 Å². The maximum Gasteiger partial charge on any atom is 0.339 e. The number of nitrogens with one attached hydrogen (secondary N) is 1. The number of aryl methyl sites for hydroxylation is 2. The normalized spacial score (nSPS) is 10.3. The van der Waals surface area contributed by atoms with Crippen molar-refractivity contribution >= 4 is 27.6 Å². The van der Waals surface area contributed by atoms with Crippen LogP contribution < -0.4 is 5.32 Å². The van der Waals surface area contributed by atoms with Gasteiger partial charge in [-0.05, 0) is 43.2 Å². The van der Waals surface area contributed by atoms with Crippen molar-refractivity contribution in [1.29, 1.82) is 0 Å². The SMILES string of the molecule is COC(=O)c1cc(C)ccc1NCc1ccc(C)cc1Br. The zero-order valence-corrected chi connectivity index (χ0v) is 14.0. The molecule has 110 valence electrons. The molecule has 1 N–H and O–H groups in total. The maximum atomic E-state index is 11.8. The maximum absolute atomic E-state index is 11.8. The summed E-state index contributed by atoms with van der Waals surface area (Å²) in [7, 11) is 1.39. The molecule has 0 aliphatic rings. The molecule has 3 nitrogen and oxygen atoms in total.